The summed E-state index contributed by atoms with van der Waals surface area (Å²) in [5.41, 5.74) is 1.49. The maximum Gasteiger partial charge on any atom is 0.178 e. The maximum atomic E-state index is 9.15. The van der Waals surface area contributed by atoms with Gasteiger partial charge in [0.2, 0.25) is 0 Å². The minimum Gasteiger partial charge on any atom is -0.364 e. The minimum atomic E-state index is -1.48. The second-order valence-electron chi connectivity index (χ2n) is 4.16. The van der Waals surface area contributed by atoms with E-state index in [1.54, 1.807) is 29.2 Å². The number of aryl methyl sites for hydroxylation is 1. The van der Waals surface area contributed by atoms with Crippen LogP contribution in [0.3, 0.4) is 0 Å². The van der Waals surface area contributed by atoms with E-state index in [-0.39, 0.29) is 0 Å². The zero-order chi connectivity index (χ0) is 13.0. The molecule has 0 aliphatic rings. The summed E-state index contributed by atoms with van der Waals surface area (Å²) < 4.78 is 1.74. The predicted octanol–water partition coefficient (Wildman–Crippen LogP) is 1.59. The van der Waals surface area contributed by atoms with Gasteiger partial charge in [-0.1, -0.05) is 13.3 Å². The first kappa shape index (κ1) is 12.7. The van der Waals surface area contributed by atoms with Crippen molar-refractivity contribution in [1.29, 1.82) is 0 Å². The molecule has 5 nitrogen and oxygen atoms in total. The summed E-state index contributed by atoms with van der Waals surface area (Å²) >= 11 is 0. The van der Waals surface area contributed by atoms with Crippen LogP contribution in [0.2, 0.25) is 0 Å². The van der Waals surface area contributed by atoms with Gasteiger partial charge in [-0.15, -0.1) is 0 Å². The van der Waals surface area contributed by atoms with Gasteiger partial charge >= 0.3 is 0 Å². The molecule has 0 unspecified atom stereocenters. The predicted molar refractivity (Wildman–Crippen MR) is 67.1 cm³/mol. The van der Waals surface area contributed by atoms with Gasteiger partial charge in [-0.25, -0.2) is 9.67 Å². The fourth-order valence-electron chi connectivity index (χ4n) is 1.79. The Morgan fingerprint density at radius 1 is 1.28 bits per heavy atom. The zero-order valence-electron chi connectivity index (χ0n) is 10.3. The highest BCUT2D eigenvalue weighted by atomic mass is 16.5. The maximum absolute atomic E-state index is 9.15. The number of nitrogens with zero attached hydrogens (tertiary/aromatic N) is 3. The molecule has 2 aromatic heterocycles. The molecule has 0 bridgehead atoms. The Kier molecular flexibility index (Phi) is 4.07. The van der Waals surface area contributed by atoms with E-state index < -0.39 is 6.29 Å². The Balaban J connectivity index is 2.30. The summed E-state index contributed by atoms with van der Waals surface area (Å²) in [7, 11) is 0. The molecule has 0 radical (unpaired) electrons. The van der Waals surface area contributed by atoms with Crippen molar-refractivity contribution in [3.8, 4) is 5.82 Å². The van der Waals surface area contributed by atoms with Crippen LogP contribution in [-0.2, 0) is 6.42 Å². The molecule has 2 heterocycles. The van der Waals surface area contributed by atoms with Crippen LogP contribution < -0.4 is 0 Å². The number of aliphatic hydroxyl groups is 2. The lowest BCUT2D eigenvalue weighted by atomic mass is 10.2. The Hall–Kier alpha value is -1.72. The van der Waals surface area contributed by atoms with Crippen molar-refractivity contribution in [1.82, 2.24) is 14.8 Å². The van der Waals surface area contributed by atoms with E-state index in [4.69, 9.17) is 10.2 Å². The molecule has 0 saturated carbocycles. The van der Waals surface area contributed by atoms with Crippen LogP contribution in [-0.4, -0.2) is 25.0 Å². The second kappa shape index (κ2) is 5.75. The third kappa shape index (κ3) is 2.75. The smallest absolute Gasteiger partial charge is 0.178 e. The fraction of sp³-hybridized carbons (Fsp3) is 0.385. The van der Waals surface area contributed by atoms with Crippen molar-refractivity contribution < 1.29 is 10.2 Å². The minimum absolute atomic E-state index is 0.414. The van der Waals surface area contributed by atoms with Crippen molar-refractivity contribution in [2.75, 3.05) is 0 Å². The first-order chi connectivity index (χ1) is 8.72. The van der Waals surface area contributed by atoms with Gasteiger partial charge in [0.05, 0.1) is 0 Å². The SMILES string of the molecule is CCCCc1ccnn1-c1cc(C(O)O)ccn1. The normalized spacial score (nSPS) is 11.1. The van der Waals surface area contributed by atoms with Crippen molar-refractivity contribution in [3.05, 3.63) is 41.9 Å². The standard InChI is InChI=1S/C13H17N3O2/c1-2-3-4-11-6-8-15-16(11)12-9-10(13(17)18)5-7-14-12/h5-9,13,17-18H,2-4H2,1H3. The van der Waals surface area contributed by atoms with Gasteiger partial charge < -0.3 is 10.2 Å². The van der Waals surface area contributed by atoms with Gasteiger partial charge in [0.25, 0.3) is 0 Å². The molecule has 0 aliphatic heterocycles. The molecule has 5 heteroatoms. The molecule has 96 valence electrons. The Labute approximate surface area is 106 Å². The topological polar surface area (TPSA) is 71.2 Å². The first-order valence-electron chi connectivity index (χ1n) is 6.07. The van der Waals surface area contributed by atoms with E-state index in [1.165, 1.54) is 0 Å². The van der Waals surface area contributed by atoms with E-state index in [9.17, 15) is 0 Å². The summed E-state index contributed by atoms with van der Waals surface area (Å²) in [6.45, 7) is 2.14. The molecule has 2 aromatic rings. The molecule has 0 aromatic carbocycles. The average molecular weight is 247 g/mol. The van der Waals surface area contributed by atoms with Crippen LogP contribution in [0.25, 0.3) is 5.82 Å². The highest BCUT2D eigenvalue weighted by molar-refractivity contribution is 5.29. The van der Waals surface area contributed by atoms with Crippen molar-refractivity contribution in [2.24, 2.45) is 0 Å². The van der Waals surface area contributed by atoms with E-state index >= 15 is 0 Å². The van der Waals surface area contributed by atoms with E-state index in [1.807, 2.05) is 6.07 Å². The zero-order valence-corrected chi connectivity index (χ0v) is 10.3. The fourth-order valence-corrected chi connectivity index (χ4v) is 1.79. The summed E-state index contributed by atoms with van der Waals surface area (Å²) in [4.78, 5) is 4.21. The number of hydrogen-bond acceptors (Lipinski definition) is 4. The van der Waals surface area contributed by atoms with Gasteiger partial charge in [-0.05, 0) is 31.0 Å². The molecule has 0 fully saturated rings. The second-order valence-corrected chi connectivity index (χ2v) is 4.16. The first-order valence-corrected chi connectivity index (χ1v) is 6.07. The molecule has 0 saturated heterocycles. The van der Waals surface area contributed by atoms with E-state index in [0.717, 1.165) is 25.0 Å². The summed E-state index contributed by atoms with van der Waals surface area (Å²) in [6.07, 6.45) is 4.94. The molecule has 0 spiro atoms. The largest absolute Gasteiger partial charge is 0.364 e. The van der Waals surface area contributed by atoms with Crippen LogP contribution in [0.1, 0.15) is 37.3 Å². The van der Waals surface area contributed by atoms with Crippen LogP contribution in [0, 0.1) is 0 Å². The number of aliphatic hydroxyl groups excluding tert-OH is 1. The molecular weight excluding hydrogens is 230 g/mol. The van der Waals surface area contributed by atoms with E-state index in [2.05, 4.69) is 17.0 Å². The molecular formula is C13H17N3O2. The van der Waals surface area contributed by atoms with Gasteiger partial charge in [-0.2, -0.15) is 5.10 Å². The molecule has 0 aliphatic carbocycles. The van der Waals surface area contributed by atoms with Gasteiger partial charge in [0, 0.05) is 23.7 Å². The van der Waals surface area contributed by atoms with Crippen molar-refractivity contribution in [3.63, 3.8) is 0 Å². The van der Waals surface area contributed by atoms with Gasteiger partial charge in [-0.3, -0.25) is 0 Å². The quantitative estimate of drug-likeness (QED) is 0.787. The Bertz CT molecular complexity index is 508. The highest BCUT2D eigenvalue weighted by Gasteiger charge is 2.09. The van der Waals surface area contributed by atoms with Gasteiger partial charge in [0.15, 0.2) is 12.1 Å². The van der Waals surface area contributed by atoms with Crippen LogP contribution in [0.15, 0.2) is 30.6 Å². The van der Waals surface area contributed by atoms with Gasteiger partial charge in [0.1, 0.15) is 0 Å². The highest BCUT2D eigenvalue weighted by Crippen LogP contribution is 2.15. The Morgan fingerprint density at radius 2 is 2.11 bits per heavy atom. The number of rotatable bonds is 5. The average Bonchev–Trinajstić information content (AvgIpc) is 2.84. The van der Waals surface area contributed by atoms with Crippen LogP contribution >= 0.6 is 0 Å². The number of pyridine rings is 1. The Morgan fingerprint density at radius 3 is 2.83 bits per heavy atom. The van der Waals surface area contributed by atoms with Crippen molar-refractivity contribution in [2.45, 2.75) is 32.5 Å². The number of hydrogen-bond donors (Lipinski definition) is 2. The summed E-state index contributed by atoms with van der Waals surface area (Å²) in [6, 6.07) is 5.16. The molecule has 2 N–H and O–H groups in total. The van der Waals surface area contributed by atoms with Crippen molar-refractivity contribution >= 4 is 0 Å². The van der Waals surface area contributed by atoms with Crippen LogP contribution in [0.5, 0.6) is 0 Å². The monoisotopic (exact) mass is 247 g/mol. The number of unbranched alkanes of at least 4 members (excludes halogenated alkanes) is 1. The lowest BCUT2D eigenvalue weighted by molar-refractivity contribution is -0.0425. The summed E-state index contributed by atoms with van der Waals surface area (Å²) in [5, 5.41) is 22.5. The molecule has 2 rings (SSSR count). The summed E-state index contributed by atoms with van der Waals surface area (Å²) in [5.74, 6) is 0.608. The van der Waals surface area contributed by atoms with E-state index in [0.29, 0.717) is 11.4 Å². The molecule has 18 heavy (non-hydrogen) atoms. The lowest BCUT2D eigenvalue weighted by Gasteiger charge is -2.09. The number of aromatic nitrogens is 3. The lowest BCUT2D eigenvalue weighted by Crippen LogP contribution is -2.06. The van der Waals surface area contributed by atoms with Crippen LogP contribution in [0.4, 0.5) is 0 Å². The third-order valence-corrected chi connectivity index (χ3v) is 2.79. The molecule has 0 atom stereocenters. The third-order valence-electron chi connectivity index (χ3n) is 2.79. The molecule has 0 amide bonds.